The highest BCUT2D eigenvalue weighted by atomic mass is 32.2. The standard InChI is InChI=1S/C9H10O2S/c1-12-6-9(11)7-2-4-8(10)5-3-7/h2-5,10H,6H2,1H3. The molecule has 0 aromatic heterocycles. The van der Waals surface area contributed by atoms with Crippen molar-refractivity contribution in [3.05, 3.63) is 29.8 Å². The summed E-state index contributed by atoms with van der Waals surface area (Å²) in [5.74, 6) is 0.781. The lowest BCUT2D eigenvalue weighted by Gasteiger charge is -1.97. The zero-order chi connectivity index (χ0) is 8.97. The molecule has 12 heavy (non-hydrogen) atoms. The van der Waals surface area contributed by atoms with Gasteiger partial charge in [-0.2, -0.15) is 11.8 Å². The second-order valence-corrected chi connectivity index (χ2v) is 3.27. The zero-order valence-corrected chi connectivity index (χ0v) is 7.60. The van der Waals surface area contributed by atoms with Crippen LogP contribution in [0.15, 0.2) is 24.3 Å². The van der Waals surface area contributed by atoms with Crippen LogP contribution in [0.5, 0.6) is 5.75 Å². The van der Waals surface area contributed by atoms with Gasteiger partial charge < -0.3 is 5.11 Å². The lowest BCUT2D eigenvalue weighted by molar-refractivity contribution is 0.102. The lowest BCUT2D eigenvalue weighted by atomic mass is 10.1. The number of phenolic OH excluding ortho intramolecular Hbond substituents is 1. The minimum Gasteiger partial charge on any atom is -0.508 e. The average Bonchev–Trinajstić information content (AvgIpc) is 2.06. The molecule has 1 rings (SSSR count). The van der Waals surface area contributed by atoms with E-state index in [9.17, 15) is 4.79 Å². The lowest BCUT2D eigenvalue weighted by Crippen LogP contribution is -2.00. The van der Waals surface area contributed by atoms with Gasteiger partial charge in [0.2, 0.25) is 0 Å². The molecule has 1 N–H and O–H groups in total. The molecule has 0 aliphatic rings. The highest BCUT2D eigenvalue weighted by Crippen LogP contribution is 2.11. The normalized spacial score (nSPS) is 9.75. The number of hydrogen-bond acceptors (Lipinski definition) is 3. The van der Waals surface area contributed by atoms with Crippen molar-refractivity contribution in [3.8, 4) is 5.75 Å². The summed E-state index contributed by atoms with van der Waals surface area (Å²) >= 11 is 1.50. The summed E-state index contributed by atoms with van der Waals surface area (Å²) in [6, 6.07) is 6.31. The summed E-state index contributed by atoms with van der Waals surface area (Å²) in [5, 5.41) is 8.95. The number of ketones is 1. The van der Waals surface area contributed by atoms with E-state index in [1.54, 1.807) is 12.1 Å². The number of carbonyl (C=O) groups is 1. The summed E-state index contributed by atoms with van der Waals surface area (Å²) in [6.07, 6.45) is 1.89. The van der Waals surface area contributed by atoms with E-state index >= 15 is 0 Å². The molecule has 0 radical (unpaired) electrons. The van der Waals surface area contributed by atoms with Gasteiger partial charge in [0.05, 0.1) is 5.75 Å². The van der Waals surface area contributed by atoms with Crippen molar-refractivity contribution in [3.63, 3.8) is 0 Å². The van der Waals surface area contributed by atoms with Crippen LogP contribution < -0.4 is 0 Å². The van der Waals surface area contributed by atoms with E-state index in [1.165, 1.54) is 23.9 Å². The van der Waals surface area contributed by atoms with Crippen LogP contribution in [0, 0.1) is 0 Å². The molecular formula is C9H10O2S. The Kier molecular flexibility index (Phi) is 3.17. The molecule has 0 fully saturated rings. The smallest absolute Gasteiger partial charge is 0.172 e. The number of rotatable bonds is 3. The molecule has 0 aliphatic heterocycles. The molecule has 0 unspecified atom stereocenters. The van der Waals surface area contributed by atoms with E-state index in [0.717, 1.165) is 0 Å². The van der Waals surface area contributed by atoms with Gasteiger partial charge in [-0.05, 0) is 30.5 Å². The molecular weight excluding hydrogens is 172 g/mol. The molecule has 0 saturated carbocycles. The summed E-state index contributed by atoms with van der Waals surface area (Å²) in [5.41, 5.74) is 0.655. The largest absolute Gasteiger partial charge is 0.508 e. The second-order valence-electron chi connectivity index (χ2n) is 2.40. The van der Waals surface area contributed by atoms with Gasteiger partial charge in [0.15, 0.2) is 5.78 Å². The van der Waals surface area contributed by atoms with Crippen LogP contribution in [0.3, 0.4) is 0 Å². The van der Waals surface area contributed by atoms with Crippen LogP contribution in [0.4, 0.5) is 0 Å². The van der Waals surface area contributed by atoms with Gasteiger partial charge in [-0.1, -0.05) is 0 Å². The van der Waals surface area contributed by atoms with Gasteiger partial charge in [-0.15, -0.1) is 0 Å². The zero-order valence-electron chi connectivity index (χ0n) is 6.78. The van der Waals surface area contributed by atoms with E-state index in [0.29, 0.717) is 11.3 Å². The molecule has 2 nitrogen and oxygen atoms in total. The maximum atomic E-state index is 11.3. The summed E-state index contributed by atoms with van der Waals surface area (Å²) in [6.45, 7) is 0. The van der Waals surface area contributed by atoms with E-state index in [4.69, 9.17) is 5.11 Å². The van der Waals surface area contributed by atoms with Crippen LogP contribution in [-0.2, 0) is 0 Å². The number of thioether (sulfide) groups is 1. The molecule has 1 aromatic carbocycles. The van der Waals surface area contributed by atoms with Crippen molar-refractivity contribution < 1.29 is 9.90 Å². The van der Waals surface area contributed by atoms with Crippen LogP contribution in [0.25, 0.3) is 0 Å². The minimum atomic E-state index is 0.0995. The van der Waals surface area contributed by atoms with Crippen molar-refractivity contribution >= 4 is 17.5 Å². The number of hydrogen-bond donors (Lipinski definition) is 1. The first-order valence-electron chi connectivity index (χ1n) is 3.55. The van der Waals surface area contributed by atoms with Gasteiger partial charge >= 0.3 is 0 Å². The Hall–Kier alpha value is -0.960. The maximum absolute atomic E-state index is 11.3. The Balaban J connectivity index is 2.75. The Morgan fingerprint density at radius 3 is 2.50 bits per heavy atom. The molecule has 0 heterocycles. The SMILES string of the molecule is CSCC(=O)c1ccc(O)cc1. The highest BCUT2D eigenvalue weighted by Gasteiger charge is 2.03. The Labute approximate surface area is 75.6 Å². The van der Waals surface area contributed by atoms with Crippen LogP contribution in [0.1, 0.15) is 10.4 Å². The number of phenols is 1. The van der Waals surface area contributed by atoms with Crippen molar-refractivity contribution in [2.45, 2.75) is 0 Å². The van der Waals surface area contributed by atoms with Gasteiger partial charge in [0.25, 0.3) is 0 Å². The highest BCUT2D eigenvalue weighted by molar-refractivity contribution is 7.99. The third kappa shape index (κ3) is 2.27. The molecule has 3 heteroatoms. The predicted octanol–water partition coefficient (Wildman–Crippen LogP) is 1.94. The van der Waals surface area contributed by atoms with E-state index in [-0.39, 0.29) is 11.5 Å². The van der Waals surface area contributed by atoms with Gasteiger partial charge in [-0.25, -0.2) is 0 Å². The van der Waals surface area contributed by atoms with Crippen LogP contribution in [0.2, 0.25) is 0 Å². The number of Topliss-reactive ketones (excluding diaryl/α,β-unsaturated/α-hetero) is 1. The third-order valence-electron chi connectivity index (χ3n) is 1.46. The molecule has 0 atom stereocenters. The van der Waals surface area contributed by atoms with Gasteiger partial charge in [0, 0.05) is 5.56 Å². The predicted molar refractivity (Wildman–Crippen MR) is 50.8 cm³/mol. The molecule has 0 amide bonds. The van der Waals surface area contributed by atoms with E-state index in [1.807, 2.05) is 6.26 Å². The molecule has 1 aromatic rings. The third-order valence-corrected chi connectivity index (χ3v) is 2.02. The average molecular weight is 182 g/mol. The van der Waals surface area contributed by atoms with E-state index < -0.39 is 0 Å². The summed E-state index contributed by atoms with van der Waals surface area (Å²) in [7, 11) is 0. The molecule has 0 spiro atoms. The Morgan fingerprint density at radius 2 is 2.00 bits per heavy atom. The number of carbonyl (C=O) groups excluding carboxylic acids is 1. The summed E-state index contributed by atoms with van der Waals surface area (Å²) in [4.78, 5) is 11.3. The van der Waals surface area contributed by atoms with Crippen molar-refractivity contribution in [2.24, 2.45) is 0 Å². The topological polar surface area (TPSA) is 37.3 Å². The number of benzene rings is 1. The first kappa shape index (κ1) is 9.13. The first-order valence-corrected chi connectivity index (χ1v) is 4.94. The van der Waals surface area contributed by atoms with Crippen molar-refractivity contribution in [2.75, 3.05) is 12.0 Å². The second kappa shape index (κ2) is 4.16. The fraction of sp³-hybridized carbons (Fsp3) is 0.222. The van der Waals surface area contributed by atoms with Crippen LogP contribution in [-0.4, -0.2) is 22.9 Å². The van der Waals surface area contributed by atoms with Crippen LogP contribution >= 0.6 is 11.8 Å². The summed E-state index contributed by atoms with van der Waals surface area (Å²) < 4.78 is 0. The quantitative estimate of drug-likeness (QED) is 0.726. The van der Waals surface area contributed by atoms with Gasteiger partial charge in [0.1, 0.15) is 5.75 Å². The maximum Gasteiger partial charge on any atom is 0.172 e. The first-order chi connectivity index (χ1) is 5.74. The molecule has 64 valence electrons. The monoisotopic (exact) mass is 182 g/mol. The molecule has 0 aliphatic carbocycles. The molecule has 0 saturated heterocycles. The fourth-order valence-electron chi connectivity index (χ4n) is 0.862. The Bertz CT molecular complexity index is 266. The number of aromatic hydroxyl groups is 1. The van der Waals surface area contributed by atoms with E-state index in [2.05, 4.69) is 0 Å². The minimum absolute atomic E-state index is 0.0995. The molecule has 0 bridgehead atoms. The van der Waals surface area contributed by atoms with Crippen molar-refractivity contribution in [1.82, 2.24) is 0 Å². The van der Waals surface area contributed by atoms with Crippen molar-refractivity contribution in [1.29, 1.82) is 0 Å². The Morgan fingerprint density at radius 1 is 1.42 bits per heavy atom. The van der Waals surface area contributed by atoms with Gasteiger partial charge in [-0.3, -0.25) is 4.79 Å². The fourth-order valence-corrected chi connectivity index (χ4v) is 1.29.